The largest absolute Gasteiger partial charge is 0.481 e. The average Bonchev–Trinajstić information content (AvgIpc) is 2.38. The van der Waals surface area contributed by atoms with E-state index in [4.69, 9.17) is 5.11 Å². The first kappa shape index (κ1) is 15.3. The lowest BCUT2D eigenvalue weighted by Gasteiger charge is -2.25. The topological polar surface area (TPSA) is 66.4 Å². The molecule has 0 aliphatic heterocycles. The molecule has 1 amide bonds. The monoisotopic (exact) mass is 273 g/mol. The van der Waals surface area contributed by atoms with E-state index < -0.39 is 5.97 Å². The average molecular weight is 273 g/mol. The van der Waals surface area contributed by atoms with Crippen molar-refractivity contribution in [1.82, 2.24) is 5.32 Å². The number of carbonyl (C=O) groups excluding carboxylic acids is 1. The highest BCUT2D eigenvalue weighted by Crippen LogP contribution is 2.29. The zero-order valence-corrected chi connectivity index (χ0v) is 11.8. The van der Waals surface area contributed by atoms with Crippen molar-refractivity contribution in [3.8, 4) is 0 Å². The van der Waals surface area contributed by atoms with Crippen LogP contribution in [0.15, 0.2) is 0 Å². The molecular formula is C13H23NO3S. The van der Waals surface area contributed by atoms with Crippen LogP contribution in [0.1, 0.15) is 39.0 Å². The zero-order valence-electron chi connectivity index (χ0n) is 11.0. The molecule has 0 saturated heterocycles. The molecule has 0 radical (unpaired) electrons. The Morgan fingerprint density at radius 2 is 2.06 bits per heavy atom. The second-order valence-corrected chi connectivity index (χ2v) is 6.13. The Kier molecular flexibility index (Phi) is 7.16. The summed E-state index contributed by atoms with van der Waals surface area (Å²) in [7, 11) is 0. The van der Waals surface area contributed by atoms with Crippen molar-refractivity contribution in [2.24, 2.45) is 11.8 Å². The number of carboxylic acid groups (broad SMARTS) is 1. The van der Waals surface area contributed by atoms with Gasteiger partial charge in [0.2, 0.25) is 5.91 Å². The summed E-state index contributed by atoms with van der Waals surface area (Å²) in [5.41, 5.74) is 0. The first-order valence-corrected chi connectivity index (χ1v) is 7.88. The van der Waals surface area contributed by atoms with Crippen molar-refractivity contribution in [3.05, 3.63) is 0 Å². The number of hydrogen-bond acceptors (Lipinski definition) is 3. The van der Waals surface area contributed by atoms with E-state index in [1.54, 1.807) is 0 Å². The fraction of sp³-hybridized carbons (Fsp3) is 0.846. The minimum atomic E-state index is -0.758. The summed E-state index contributed by atoms with van der Waals surface area (Å²) in [6, 6.07) is 0. The van der Waals surface area contributed by atoms with Crippen molar-refractivity contribution >= 4 is 23.6 Å². The highest BCUT2D eigenvalue weighted by atomic mass is 32.2. The maximum atomic E-state index is 11.9. The van der Waals surface area contributed by atoms with Crippen molar-refractivity contribution < 1.29 is 14.7 Å². The molecule has 0 bridgehead atoms. The van der Waals surface area contributed by atoms with Gasteiger partial charge in [-0.2, -0.15) is 11.8 Å². The lowest BCUT2D eigenvalue weighted by molar-refractivity contribution is -0.144. The third-order valence-corrected chi connectivity index (χ3v) is 4.35. The van der Waals surface area contributed by atoms with Crippen molar-refractivity contribution in [2.45, 2.75) is 39.0 Å². The highest BCUT2D eigenvalue weighted by Gasteiger charge is 2.30. The number of thioether (sulfide) groups is 1. The number of amides is 1. The van der Waals surface area contributed by atoms with E-state index in [0.717, 1.165) is 30.8 Å². The lowest BCUT2D eigenvalue weighted by atomic mass is 9.81. The fourth-order valence-corrected chi connectivity index (χ4v) is 2.96. The summed E-state index contributed by atoms with van der Waals surface area (Å²) in [5.74, 6) is 1.04. The summed E-state index contributed by atoms with van der Waals surface area (Å²) >= 11 is 1.87. The van der Waals surface area contributed by atoms with Gasteiger partial charge in [0.05, 0.1) is 5.92 Å². The molecule has 104 valence electrons. The van der Waals surface area contributed by atoms with Crippen LogP contribution in [0.5, 0.6) is 0 Å². The third-order valence-electron chi connectivity index (χ3n) is 3.36. The molecule has 1 saturated carbocycles. The van der Waals surface area contributed by atoms with E-state index >= 15 is 0 Å². The van der Waals surface area contributed by atoms with Crippen molar-refractivity contribution in [2.75, 3.05) is 18.1 Å². The van der Waals surface area contributed by atoms with Gasteiger partial charge in [0.1, 0.15) is 0 Å². The molecule has 18 heavy (non-hydrogen) atoms. The molecule has 2 unspecified atom stereocenters. The van der Waals surface area contributed by atoms with E-state index in [9.17, 15) is 9.59 Å². The lowest BCUT2D eigenvalue weighted by Crippen LogP contribution is -2.36. The summed E-state index contributed by atoms with van der Waals surface area (Å²) < 4.78 is 0. The molecule has 1 aliphatic rings. The van der Waals surface area contributed by atoms with E-state index in [1.165, 1.54) is 0 Å². The van der Waals surface area contributed by atoms with Crippen LogP contribution in [0.3, 0.4) is 0 Å². The Morgan fingerprint density at radius 1 is 1.33 bits per heavy atom. The second-order valence-electron chi connectivity index (χ2n) is 4.74. The van der Waals surface area contributed by atoms with Crippen LogP contribution in [-0.4, -0.2) is 35.0 Å². The molecule has 0 aromatic carbocycles. The number of nitrogens with one attached hydrogen (secondary N) is 1. The normalized spacial score (nSPS) is 23.6. The van der Waals surface area contributed by atoms with Crippen molar-refractivity contribution in [3.63, 3.8) is 0 Å². The maximum absolute atomic E-state index is 11.9. The SMILES string of the molecule is CCSCCCNC(=O)C1CCCC(C(=O)O)C1. The zero-order chi connectivity index (χ0) is 13.4. The fourth-order valence-electron chi connectivity index (χ4n) is 2.33. The third kappa shape index (κ3) is 5.29. The van der Waals surface area contributed by atoms with Crippen LogP contribution in [0.4, 0.5) is 0 Å². The van der Waals surface area contributed by atoms with E-state index in [-0.39, 0.29) is 17.7 Å². The summed E-state index contributed by atoms with van der Waals surface area (Å²) in [5, 5.41) is 11.9. The van der Waals surface area contributed by atoms with Gasteiger partial charge in [-0.15, -0.1) is 0 Å². The van der Waals surface area contributed by atoms with E-state index in [2.05, 4.69) is 12.2 Å². The first-order chi connectivity index (χ1) is 8.65. The van der Waals surface area contributed by atoms with Crippen LogP contribution in [0.2, 0.25) is 0 Å². The van der Waals surface area contributed by atoms with Gasteiger partial charge in [0.15, 0.2) is 0 Å². The Bertz CT molecular complexity index is 283. The minimum absolute atomic E-state index is 0.0439. The summed E-state index contributed by atoms with van der Waals surface area (Å²) in [4.78, 5) is 22.8. The van der Waals surface area contributed by atoms with Gasteiger partial charge >= 0.3 is 5.97 Å². The Labute approximate surface area is 113 Å². The molecule has 1 fully saturated rings. The van der Waals surface area contributed by atoms with Crippen LogP contribution < -0.4 is 5.32 Å². The van der Waals surface area contributed by atoms with Gasteiger partial charge in [-0.05, 0) is 37.2 Å². The van der Waals surface area contributed by atoms with Gasteiger partial charge < -0.3 is 10.4 Å². The number of aliphatic carboxylic acids is 1. The first-order valence-electron chi connectivity index (χ1n) is 6.73. The summed E-state index contributed by atoms with van der Waals surface area (Å²) in [6.45, 7) is 2.83. The number of carbonyl (C=O) groups is 2. The second kappa shape index (κ2) is 8.40. The maximum Gasteiger partial charge on any atom is 0.306 e. The van der Waals surface area contributed by atoms with Crippen molar-refractivity contribution in [1.29, 1.82) is 0 Å². The van der Waals surface area contributed by atoms with Gasteiger partial charge in [-0.1, -0.05) is 13.3 Å². The predicted molar refractivity (Wildman–Crippen MR) is 73.7 cm³/mol. The summed E-state index contributed by atoms with van der Waals surface area (Å²) in [6.07, 6.45) is 3.89. The number of rotatable bonds is 7. The predicted octanol–water partition coefficient (Wildman–Crippen LogP) is 2.14. The van der Waals surface area contributed by atoms with Gasteiger partial charge in [0.25, 0.3) is 0 Å². The molecular weight excluding hydrogens is 250 g/mol. The smallest absolute Gasteiger partial charge is 0.306 e. The van der Waals surface area contributed by atoms with Crippen LogP contribution in [0, 0.1) is 11.8 Å². The Morgan fingerprint density at radius 3 is 2.72 bits per heavy atom. The molecule has 2 N–H and O–H groups in total. The molecule has 4 nitrogen and oxygen atoms in total. The molecule has 5 heteroatoms. The highest BCUT2D eigenvalue weighted by molar-refractivity contribution is 7.99. The number of hydrogen-bond donors (Lipinski definition) is 2. The van der Waals surface area contributed by atoms with E-state index in [1.807, 2.05) is 11.8 Å². The quantitative estimate of drug-likeness (QED) is 0.697. The minimum Gasteiger partial charge on any atom is -0.481 e. The Balaban J connectivity index is 2.22. The molecule has 2 atom stereocenters. The molecule has 1 rings (SSSR count). The molecule has 1 aliphatic carbocycles. The molecule has 0 spiro atoms. The molecule has 0 heterocycles. The van der Waals surface area contributed by atoms with Crippen LogP contribution in [0.25, 0.3) is 0 Å². The Hall–Kier alpha value is -0.710. The van der Waals surface area contributed by atoms with E-state index in [0.29, 0.717) is 19.4 Å². The van der Waals surface area contributed by atoms with Gasteiger partial charge in [-0.3, -0.25) is 9.59 Å². The molecule has 0 aromatic heterocycles. The van der Waals surface area contributed by atoms with Crippen LogP contribution in [-0.2, 0) is 9.59 Å². The standard InChI is InChI=1S/C13H23NO3S/c1-2-18-8-4-7-14-12(15)10-5-3-6-11(9-10)13(16)17/h10-11H,2-9H2,1H3,(H,14,15)(H,16,17). The van der Waals surface area contributed by atoms with Gasteiger partial charge in [-0.25, -0.2) is 0 Å². The number of carboxylic acids is 1. The van der Waals surface area contributed by atoms with Crippen LogP contribution >= 0.6 is 11.8 Å². The molecule has 0 aromatic rings. The van der Waals surface area contributed by atoms with Gasteiger partial charge in [0, 0.05) is 12.5 Å².